The topological polar surface area (TPSA) is 66.8 Å². The van der Waals surface area contributed by atoms with Gasteiger partial charge in [0.25, 0.3) is 5.91 Å². The van der Waals surface area contributed by atoms with E-state index in [9.17, 15) is 9.59 Å². The van der Waals surface area contributed by atoms with Gasteiger partial charge < -0.3 is 14.7 Å². The third-order valence-corrected chi connectivity index (χ3v) is 3.84. The summed E-state index contributed by atoms with van der Waals surface area (Å²) in [6.07, 6.45) is 4.26. The quantitative estimate of drug-likeness (QED) is 0.835. The van der Waals surface area contributed by atoms with Gasteiger partial charge in [0, 0.05) is 11.6 Å². The second-order valence-corrected chi connectivity index (χ2v) is 5.84. The number of hydrogen-bond acceptors (Lipinski definition) is 3. The maximum atomic E-state index is 12.4. The van der Waals surface area contributed by atoms with E-state index in [1.807, 2.05) is 0 Å². The van der Waals surface area contributed by atoms with Gasteiger partial charge in [0.05, 0.1) is 6.61 Å². The number of carbonyl (C=O) groups excluding carboxylic acids is 1. The molecule has 0 unspecified atom stereocenters. The molecule has 0 bridgehead atoms. The van der Waals surface area contributed by atoms with E-state index in [0.717, 1.165) is 25.2 Å². The number of hydrogen-bond donors (Lipinski definition) is 1. The first-order valence-corrected chi connectivity index (χ1v) is 7.39. The fraction of sp³-hybridized carbons (Fsp3) is 0.500. The van der Waals surface area contributed by atoms with Crippen molar-refractivity contribution in [2.75, 3.05) is 13.2 Å². The van der Waals surface area contributed by atoms with Gasteiger partial charge >= 0.3 is 5.97 Å². The van der Waals surface area contributed by atoms with Crippen LogP contribution in [0.4, 0.5) is 0 Å². The Kier molecular flexibility index (Phi) is 3.82. The Bertz CT molecular complexity index is 532. The van der Waals surface area contributed by atoms with Crippen molar-refractivity contribution >= 4 is 11.9 Å². The highest BCUT2D eigenvalue weighted by atomic mass is 16.5. The predicted octanol–water partition coefficient (Wildman–Crippen LogP) is 2.16. The van der Waals surface area contributed by atoms with Crippen LogP contribution in [0.15, 0.2) is 24.3 Å². The molecule has 3 rings (SSSR count). The van der Waals surface area contributed by atoms with Crippen LogP contribution in [0.5, 0.6) is 5.75 Å². The molecule has 0 aliphatic heterocycles. The number of amides is 1. The monoisotopic (exact) mass is 289 g/mol. The Morgan fingerprint density at radius 2 is 1.81 bits per heavy atom. The molecule has 2 saturated carbocycles. The molecule has 0 saturated heterocycles. The van der Waals surface area contributed by atoms with Gasteiger partial charge in [-0.2, -0.15) is 0 Å². The molecular weight excluding hydrogens is 270 g/mol. The van der Waals surface area contributed by atoms with Crippen LogP contribution in [0.25, 0.3) is 0 Å². The summed E-state index contributed by atoms with van der Waals surface area (Å²) in [5, 5.41) is 8.91. The number of carboxylic acid groups (broad SMARTS) is 1. The van der Waals surface area contributed by atoms with Crippen LogP contribution in [0.2, 0.25) is 0 Å². The molecule has 1 aromatic rings. The number of benzene rings is 1. The third-order valence-electron chi connectivity index (χ3n) is 3.84. The summed E-state index contributed by atoms with van der Waals surface area (Å²) in [5.74, 6) is 0.259. The van der Waals surface area contributed by atoms with Crippen molar-refractivity contribution in [3.05, 3.63) is 29.8 Å². The SMILES string of the molecule is O=C(O)CN(C(=O)c1ccc(OCC2CC2)cc1)C1CC1. The van der Waals surface area contributed by atoms with Crippen molar-refractivity contribution < 1.29 is 19.4 Å². The summed E-state index contributed by atoms with van der Waals surface area (Å²) < 4.78 is 5.63. The maximum absolute atomic E-state index is 12.4. The first-order valence-electron chi connectivity index (χ1n) is 7.39. The lowest BCUT2D eigenvalue weighted by molar-refractivity contribution is -0.137. The number of ether oxygens (including phenoxy) is 1. The van der Waals surface area contributed by atoms with E-state index in [1.165, 1.54) is 17.7 Å². The molecule has 0 spiro atoms. The van der Waals surface area contributed by atoms with Crippen molar-refractivity contribution in [3.8, 4) is 5.75 Å². The van der Waals surface area contributed by atoms with Crippen LogP contribution >= 0.6 is 0 Å². The van der Waals surface area contributed by atoms with Crippen molar-refractivity contribution in [1.29, 1.82) is 0 Å². The highest BCUT2D eigenvalue weighted by Gasteiger charge is 2.34. The van der Waals surface area contributed by atoms with Crippen molar-refractivity contribution in [3.63, 3.8) is 0 Å². The van der Waals surface area contributed by atoms with Crippen LogP contribution in [0.1, 0.15) is 36.0 Å². The smallest absolute Gasteiger partial charge is 0.323 e. The van der Waals surface area contributed by atoms with Gasteiger partial charge in [-0.25, -0.2) is 0 Å². The number of aliphatic carboxylic acids is 1. The maximum Gasteiger partial charge on any atom is 0.323 e. The lowest BCUT2D eigenvalue weighted by Gasteiger charge is -2.20. The van der Waals surface area contributed by atoms with Gasteiger partial charge in [0.15, 0.2) is 0 Å². The summed E-state index contributed by atoms with van der Waals surface area (Å²) in [5.41, 5.74) is 0.516. The Morgan fingerprint density at radius 1 is 1.14 bits per heavy atom. The first-order chi connectivity index (χ1) is 10.1. The van der Waals surface area contributed by atoms with Gasteiger partial charge in [0.2, 0.25) is 0 Å². The third kappa shape index (κ3) is 3.74. The second kappa shape index (κ2) is 5.76. The molecular formula is C16H19NO4. The molecule has 5 nitrogen and oxygen atoms in total. The molecule has 1 amide bonds. The molecule has 1 aromatic carbocycles. The van der Waals surface area contributed by atoms with Crippen LogP contribution in [-0.4, -0.2) is 41.1 Å². The van der Waals surface area contributed by atoms with Crippen LogP contribution in [0.3, 0.4) is 0 Å². The summed E-state index contributed by atoms with van der Waals surface area (Å²) in [6.45, 7) is 0.504. The fourth-order valence-corrected chi connectivity index (χ4v) is 2.26. The van der Waals surface area contributed by atoms with E-state index in [4.69, 9.17) is 9.84 Å². The zero-order valence-corrected chi connectivity index (χ0v) is 11.8. The average molecular weight is 289 g/mol. The van der Waals surface area contributed by atoms with Gasteiger partial charge in [0.1, 0.15) is 12.3 Å². The molecule has 2 aliphatic carbocycles. The van der Waals surface area contributed by atoms with Crippen LogP contribution < -0.4 is 4.74 Å². The average Bonchev–Trinajstić information content (AvgIpc) is 3.36. The van der Waals surface area contributed by atoms with E-state index in [-0.39, 0.29) is 18.5 Å². The number of rotatable bonds is 7. The zero-order chi connectivity index (χ0) is 14.8. The normalized spacial score (nSPS) is 17.3. The molecule has 21 heavy (non-hydrogen) atoms. The lowest BCUT2D eigenvalue weighted by atomic mass is 10.2. The zero-order valence-electron chi connectivity index (χ0n) is 11.8. The van der Waals surface area contributed by atoms with E-state index >= 15 is 0 Å². The van der Waals surface area contributed by atoms with Crippen molar-refractivity contribution in [2.24, 2.45) is 5.92 Å². The summed E-state index contributed by atoms with van der Waals surface area (Å²) in [6, 6.07) is 7.06. The molecule has 1 N–H and O–H groups in total. The summed E-state index contributed by atoms with van der Waals surface area (Å²) >= 11 is 0. The predicted molar refractivity (Wildman–Crippen MR) is 76.4 cm³/mol. The minimum Gasteiger partial charge on any atom is -0.493 e. The standard InChI is InChI=1S/C16H19NO4/c18-15(19)9-17(13-5-6-13)16(20)12-3-7-14(8-4-12)21-10-11-1-2-11/h3-4,7-8,11,13H,1-2,5-6,9-10H2,(H,18,19). The van der Waals surface area contributed by atoms with E-state index in [0.29, 0.717) is 11.5 Å². The minimum atomic E-state index is -0.973. The fourth-order valence-electron chi connectivity index (χ4n) is 2.26. The highest BCUT2D eigenvalue weighted by molar-refractivity contribution is 5.96. The Hall–Kier alpha value is -2.04. The van der Waals surface area contributed by atoms with E-state index < -0.39 is 5.97 Å². The summed E-state index contributed by atoms with van der Waals surface area (Å²) in [4.78, 5) is 24.7. The first kappa shape index (κ1) is 13.9. The summed E-state index contributed by atoms with van der Waals surface area (Å²) in [7, 11) is 0. The Balaban J connectivity index is 1.63. The highest BCUT2D eigenvalue weighted by Crippen LogP contribution is 2.30. The molecule has 0 aromatic heterocycles. The molecule has 5 heteroatoms. The van der Waals surface area contributed by atoms with Gasteiger partial charge in [-0.05, 0) is 55.9 Å². The number of carboxylic acids is 1. The van der Waals surface area contributed by atoms with Crippen molar-refractivity contribution in [1.82, 2.24) is 4.90 Å². The minimum absolute atomic E-state index is 0.0828. The van der Waals surface area contributed by atoms with Gasteiger partial charge in [-0.1, -0.05) is 0 Å². The van der Waals surface area contributed by atoms with Crippen LogP contribution in [-0.2, 0) is 4.79 Å². The van der Waals surface area contributed by atoms with Crippen LogP contribution in [0, 0.1) is 5.92 Å². The van der Waals surface area contributed by atoms with Gasteiger partial charge in [-0.3, -0.25) is 9.59 Å². The molecule has 0 atom stereocenters. The number of nitrogens with zero attached hydrogens (tertiary/aromatic N) is 1. The second-order valence-electron chi connectivity index (χ2n) is 5.84. The number of carbonyl (C=O) groups is 2. The molecule has 0 heterocycles. The molecule has 0 radical (unpaired) electrons. The lowest BCUT2D eigenvalue weighted by Crippen LogP contribution is -2.37. The largest absolute Gasteiger partial charge is 0.493 e. The molecule has 2 aliphatic rings. The van der Waals surface area contributed by atoms with Crippen molar-refractivity contribution in [2.45, 2.75) is 31.7 Å². The molecule has 2 fully saturated rings. The van der Waals surface area contributed by atoms with E-state index in [1.54, 1.807) is 24.3 Å². The Labute approximate surface area is 123 Å². The van der Waals surface area contributed by atoms with Gasteiger partial charge in [-0.15, -0.1) is 0 Å². The molecule has 112 valence electrons. The van der Waals surface area contributed by atoms with E-state index in [2.05, 4.69) is 0 Å². The Morgan fingerprint density at radius 3 is 2.33 bits per heavy atom.